The van der Waals surface area contributed by atoms with Crippen molar-refractivity contribution < 1.29 is 14.4 Å². The number of imide groups is 1. The zero-order valence-electron chi connectivity index (χ0n) is 16.0. The second-order valence-corrected chi connectivity index (χ2v) is 7.06. The summed E-state index contributed by atoms with van der Waals surface area (Å²) in [6.07, 6.45) is 0. The normalized spacial score (nSPS) is 13.0. The van der Waals surface area contributed by atoms with Crippen molar-refractivity contribution in [1.82, 2.24) is 14.9 Å². The second kappa shape index (κ2) is 6.66. The number of hydrogen-bond acceptors (Lipinski definition) is 4. The van der Waals surface area contributed by atoms with Gasteiger partial charge < -0.3 is 10.3 Å². The third kappa shape index (κ3) is 2.84. The SMILES string of the molecule is CN1C(=O)c2ccc(C(=O)Nc3ccc(-c4nc5ccccc5[nH]4)cc3)cc2C1=O. The Balaban J connectivity index is 1.36. The average Bonchev–Trinajstić information content (AvgIpc) is 3.30. The number of hydrogen-bond donors (Lipinski definition) is 2. The lowest BCUT2D eigenvalue weighted by Gasteiger charge is -2.07. The third-order valence-corrected chi connectivity index (χ3v) is 5.16. The maximum Gasteiger partial charge on any atom is 0.261 e. The van der Waals surface area contributed by atoms with Crippen molar-refractivity contribution in [1.29, 1.82) is 0 Å². The van der Waals surface area contributed by atoms with Crippen LogP contribution in [0.2, 0.25) is 0 Å². The molecule has 0 unspecified atom stereocenters. The Bertz CT molecular complexity index is 1310. The van der Waals surface area contributed by atoms with Crippen LogP contribution in [0.25, 0.3) is 22.4 Å². The van der Waals surface area contributed by atoms with Crippen molar-refractivity contribution in [3.05, 3.63) is 83.4 Å². The summed E-state index contributed by atoms with van der Waals surface area (Å²) in [4.78, 5) is 45.6. The zero-order valence-corrected chi connectivity index (χ0v) is 16.0. The van der Waals surface area contributed by atoms with Crippen molar-refractivity contribution in [2.75, 3.05) is 12.4 Å². The number of carbonyl (C=O) groups excluding carboxylic acids is 3. The third-order valence-electron chi connectivity index (χ3n) is 5.16. The molecule has 0 aliphatic carbocycles. The number of nitrogens with one attached hydrogen (secondary N) is 2. The van der Waals surface area contributed by atoms with Crippen molar-refractivity contribution in [2.24, 2.45) is 0 Å². The minimum Gasteiger partial charge on any atom is -0.338 e. The molecular weight excluding hydrogens is 380 g/mol. The number of aromatic amines is 1. The number of amides is 3. The Morgan fingerprint density at radius 2 is 1.67 bits per heavy atom. The van der Waals surface area contributed by atoms with Crippen LogP contribution in [0.5, 0.6) is 0 Å². The van der Waals surface area contributed by atoms with Crippen LogP contribution in [0.1, 0.15) is 31.1 Å². The molecule has 0 atom stereocenters. The van der Waals surface area contributed by atoms with E-state index in [-0.39, 0.29) is 17.4 Å². The van der Waals surface area contributed by atoms with Gasteiger partial charge in [-0.15, -0.1) is 0 Å². The standard InChI is InChI=1S/C23H16N4O3/c1-27-22(29)16-11-8-14(12-17(16)23(27)30)21(28)24-15-9-6-13(7-10-15)20-25-18-4-2-3-5-19(18)26-20/h2-12H,1H3,(H,24,28)(H,25,26). The van der Waals surface area contributed by atoms with E-state index < -0.39 is 5.91 Å². The lowest BCUT2D eigenvalue weighted by molar-refractivity contribution is 0.0693. The number of fused-ring (bicyclic) bond motifs is 2. The van der Waals surface area contributed by atoms with Gasteiger partial charge in [-0.2, -0.15) is 0 Å². The minimum absolute atomic E-state index is 0.246. The van der Waals surface area contributed by atoms with Crippen molar-refractivity contribution in [2.45, 2.75) is 0 Å². The molecule has 0 saturated heterocycles. The Hall–Kier alpha value is -4.26. The van der Waals surface area contributed by atoms with Crippen LogP contribution in [0.3, 0.4) is 0 Å². The smallest absolute Gasteiger partial charge is 0.261 e. The number of benzene rings is 3. The lowest BCUT2D eigenvalue weighted by Crippen LogP contribution is -2.24. The number of H-pyrrole nitrogens is 1. The van der Waals surface area contributed by atoms with Gasteiger partial charge in [0, 0.05) is 23.9 Å². The van der Waals surface area contributed by atoms with Gasteiger partial charge in [-0.3, -0.25) is 19.3 Å². The van der Waals surface area contributed by atoms with Gasteiger partial charge in [-0.1, -0.05) is 12.1 Å². The average molecular weight is 396 g/mol. The summed E-state index contributed by atoms with van der Waals surface area (Å²) in [6, 6.07) is 19.6. The molecule has 0 bridgehead atoms. The molecule has 1 aliphatic rings. The number of nitrogens with zero attached hydrogens (tertiary/aromatic N) is 2. The van der Waals surface area contributed by atoms with E-state index in [0.717, 1.165) is 27.3 Å². The van der Waals surface area contributed by atoms with Crippen molar-refractivity contribution >= 4 is 34.4 Å². The molecule has 2 N–H and O–H groups in total. The van der Waals surface area contributed by atoms with Gasteiger partial charge in [0.1, 0.15) is 5.82 Å². The predicted molar refractivity (Wildman–Crippen MR) is 112 cm³/mol. The molecule has 7 heteroatoms. The Labute approximate surface area is 171 Å². The van der Waals surface area contributed by atoms with E-state index in [4.69, 9.17) is 0 Å². The zero-order chi connectivity index (χ0) is 20.8. The first-order chi connectivity index (χ1) is 14.5. The van der Waals surface area contributed by atoms with E-state index >= 15 is 0 Å². The molecule has 30 heavy (non-hydrogen) atoms. The number of para-hydroxylation sites is 2. The van der Waals surface area contributed by atoms with Gasteiger partial charge in [0.15, 0.2) is 0 Å². The first-order valence-electron chi connectivity index (χ1n) is 9.34. The highest BCUT2D eigenvalue weighted by Gasteiger charge is 2.33. The summed E-state index contributed by atoms with van der Waals surface area (Å²) in [6.45, 7) is 0. The highest BCUT2D eigenvalue weighted by molar-refractivity contribution is 6.22. The topological polar surface area (TPSA) is 95.2 Å². The molecule has 3 amide bonds. The summed E-state index contributed by atoms with van der Waals surface area (Å²) >= 11 is 0. The number of carbonyl (C=O) groups is 3. The number of anilines is 1. The summed E-state index contributed by atoms with van der Waals surface area (Å²) in [5.41, 5.74) is 4.23. The monoisotopic (exact) mass is 396 g/mol. The van der Waals surface area contributed by atoms with E-state index in [1.165, 1.54) is 19.2 Å². The molecule has 7 nitrogen and oxygen atoms in total. The highest BCUT2D eigenvalue weighted by Crippen LogP contribution is 2.24. The van der Waals surface area contributed by atoms with E-state index in [2.05, 4.69) is 15.3 Å². The fourth-order valence-corrected chi connectivity index (χ4v) is 3.51. The Morgan fingerprint density at radius 1 is 0.933 bits per heavy atom. The summed E-state index contributed by atoms with van der Waals surface area (Å²) < 4.78 is 0. The van der Waals surface area contributed by atoms with Gasteiger partial charge in [0.05, 0.1) is 22.2 Å². The molecular formula is C23H16N4O3. The minimum atomic E-state index is -0.403. The van der Waals surface area contributed by atoms with Gasteiger partial charge in [0.25, 0.3) is 17.7 Å². The predicted octanol–water partition coefficient (Wildman–Crippen LogP) is 3.71. The highest BCUT2D eigenvalue weighted by atomic mass is 16.2. The van der Waals surface area contributed by atoms with E-state index in [1.54, 1.807) is 18.2 Å². The van der Waals surface area contributed by atoms with Crippen LogP contribution >= 0.6 is 0 Å². The first kappa shape index (κ1) is 17.8. The maximum atomic E-state index is 12.6. The van der Waals surface area contributed by atoms with Gasteiger partial charge in [-0.05, 0) is 54.6 Å². The fourth-order valence-electron chi connectivity index (χ4n) is 3.51. The molecule has 0 saturated carbocycles. The molecule has 146 valence electrons. The van der Waals surface area contributed by atoms with Gasteiger partial charge in [-0.25, -0.2) is 4.98 Å². The summed E-state index contributed by atoms with van der Waals surface area (Å²) in [7, 11) is 1.42. The van der Waals surface area contributed by atoms with Crippen molar-refractivity contribution in [3.8, 4) is 11.4 Å². The summed E-state index contributed by atoms with van der Waals surface area (Å²) in [5, 5.41) is 2.81. The van der Waals surface area contributed by atoms with Crippen LogP contribution < -0.4 is 5.32 Å². The number of imidazole rings is 1. The first-order valence-corrected chi connectivity index (χ1v) is 9.34. The van der Waals surface area contributed by atoms with Crippen molar-refractivity contribution in [3.63, 3.8) is 0 Å². The Kier molecular flexibility index (Phi) is 3.96. The summed E-state index contributed by atoms with van der Waals surface area (Å²) in [5.74, 6) is -0.368. The lowest BCUT2D eigenvalue weighted by atomic mass is 10.1. The van der Waals surface area contributed by atoms with Gasteiger partial charge in [0.2, 0.25) is 0 Å². The molecule has 3 aromatic carbocycles. The second-order valence-electron chi connectivity index (χ2n) is 7.06. The van der Waals surface area contributed by atoms with Gasteiger partial charge >= 0.3 is 0 Å². The molecule has 5 rings (SSSR count). The molecule has 2 heterocycles. The molecule has 1 aliphatic heterocycles. The largest absolute Gasteiger partial charge is 0.338 e. The molecule has 1 aromatic heterocycles. The molecule has 0 fully saturated rings. The van der Waals surface area contributed by atoms with E-state index in [9.17, 15) is 14.4 Å². The number of aromatic nitrogens is 2. The Morgan fingerprint density at radius 3 is 2.43 bits per heavy atom. The van der Waals surface area contributed by atoms with Crippen LogP contribution in [0, 0.1) is 0 Å². The maximum absolute atomic E-state index is 12.6. The number of rotatable bonds is 3. The van der Waals surface area contributed by atoms with Crippen LogP contribution in [-0.4, -0.2) is 39.6 Å². The quantitative estimate of drug-likeness (QED) is 0.516. The molecule has 0 radical (unpaired) electrons. The molecule has 4 aromatic rings. The van der Waals surface area contributed by atoms with E-state index in [0.29, 0.717) is 16.8 Å². The van der Waals surface area contributed by atoms with Crippen LogP contribution in [0.15, 0.2) is 66.7 Å². The van der Waals surface area contributed by atoms with Crippen LogP contribution in [0.4, 0.5) is 5.69 Å². The fraction of sp³-hybridized carbons (Fsp3) is 0.0435. The van der Waals surface area contributed by atoms with Crippen LogP contribution in [-0.2, 0) is 0 Å². The molecule has 0 spiro atoms. The van der Waals surface area contributed by atoms with E-state index in [1.807, 2.05) is 36.4 Å².